The summed E-state index contributed by atoms with van der Waals surface area (Å²) < 4.78 is 22.4. The molecule has 3 unspecified atom stereocenters. The first-order valence-corrected chi connectivity index (χ1v) is 6.93. The lowest BCUT2D eigenvalue weighted by Crippen LogP contribution is -2.30. The lowest BCUT2D eigenvalue weighted by Gasteiger charge is -2.30. The maximum Gasteiger partial charge on any atom is 0.184 e. The van der Waals surface area contributed by atoms with Gasteiger partial charge in [-0.3, -0.25) is 0 Å². The summed E-state index contributed by atoms with van der Waals surface area (Å²) in [7, 11) is 0. The van der Waals surface area contributed by atoms with Crippen LogP contribution in [-0.4, -0.2) is 38.6 Å². The molecule has 1 aromatic carbocycles. The van der Waals surface area contributed by atoms with Crippen molar-refractivity contribution >= 4 is 0 Å². The minimum absolute atomic E-state index is 0.124. The quantitative estimate of drug-likeness (QED) is 0.584. The summed E-state index contributed by atoms with van der Waals surface area (Å²) in [5, 5.41) is 0. The number of hydrogen-bond acceptors (Lipinski definition) is 4. The first-order chi connectivity index (χ1) is 9.42. The Bertz CT molecular complexity index is 377. The predicted molar refractivity (Wildman–Crippen MR) is 69.8 cm³/mol. The molecule has 0 aromatic heterocycles. The van der Waals surface area contributed by atoms with Gasteiger partial charge in [0.15, 0.2) is 6.29 Å². The van der Waals surface area contributed by atoms with Crippen molar-refractivity contribution in [2.24, 2.45) is 0 Å². The summed E-state index contributed by atoms with van der Waals surface area (Å²) in [4.78, 5) is 0. The van der Waals surface area contributed by atoms with E-state index < -0.39 is 0 Å². The van der Waals surface area contributed by atoms with E-state index >= 15 is 0 Å². The van der Waals surface area contributed by atoms with Crippen LogP contribution in [0.15, 0.2) is 30.3 Å². The highest BCUT2D eigenvalue weighted by Crippen LogP contribution is 2.26. The van der Waals surface area contributed by atoms with Gasteiger partial charge < -0.3 is 18.9 Å². The number of epoxide rings is 1. The molecule has 2 heterocycles. The Kier molecular flexibility index (Phi) is 4.45. The van der Waals surface area contributed by atoms with Gasteiger partial charge in [-0.1, -0.05) is 30.3 Å². The molecule has 3 atom stereocenters. The molecule has 0 radical (unpaired) electrons. The van der Waals surface area contributed by atoms with Crippen molar-refractivity contribution in [1.29, 1.82) is 0 Å². The van der Waals surface area contributed by atoms with E-state index in [1.807, 2.05) is 30.3 Å². The average molecular weight is 264 g/mol. The van der Waals surface area contributed by atoms with Crippen LogP contribution in [0, 0.1) is 0 Å². The van der Waals surface area contributed by atoms with E-state index in [0.717, 1.165) is 38.2 Å². The van der Waals surface area contributed by atoms with Crippen LogP contribution in [0.3, 0.4) is 0 Å². The van der Waals surface area contributed by atoms with Crippen LogP contribution in [-0.2, 0) is 18.9 Å². The van der Waals surface area contributed by atoms with Crippen LogP contribution in [0.25, 0.3) is 0 Å². The SMILES string of the molecule is c1ccc(C2OCCC(COCCC3CO3)O2)cc1. The predicted octanol–water partition coefficient (Wildman–Crippen LogP) is 2.30. The fraction of sp³-hybridized carbons (Fsp3) is 0.600. The minimum atomic E-state index is -0.254. The van der Waals surface area contributed by atoms with E-state index in [-0.39, 0.29) is 12.4 Å². The van der Waals surface area contributed by atoms with E-state index in [1.165, 1.54) is 0 Å². The van der Waals surface area contributed by atoms with Crippen molar-refractivity contribution in [2.75, 3.05) is 26.4 Å². The first-order valence-electron chi connectivity index (χ1n) is 6.93. The fourth-order valence-corrected chi connectivity index (χ4v) is 2.16. The molecule has 2 fully saturated rings. The Hall–Kier alpha value is -0.940. The highest BCUT2D eigenvalue weighted by molar-refractivity contribution is 5.16. The number of benzene rings is 1. The largest absolute Gasteiger partial charge is 0.379 e. The van der Waals surface area contributed by atoms with Gasteiger partial charge in [-0.15, -0.1) is 0 Å². The van der Waals surface area contributed by atoms with Gasteiger partial charge in [-0.05, 0) is 12.8 Å². The summed E-state index contributed by atoms with van der Waals surface area (Å²) in [6.45, 7) is 3.01. The molecule has 0 N–H and O–H groups in total. The second kappa shape index (κ2) is 6.48. The van der Waals surface area contributed by atoms with Gasteiger partial charge in [0.1, 0.15) is 0 Å². The zero-order valence-electron chi connectivity index (χ0n) is 11.0. The van der Waals surface area contributed by atoms with E-state index in [4.69, 9.17) is 18.9 Å². The Balaban J connectivity index is 1.42. The standard InChI is InChI=1S/C15H20O4/c1-2-4-12(5-3-1)15-17-9-7-14(19-15)10-16-8-6-13-11-18-13/h1-5,13-15H,6-11H2. The van der Waals surface area contributed by atoms with Crippen LogP contribution in [0.4, 0.5) is 0 Å². The molecule has 104 valence electrons. The second-order valence-corrected chi connectivity index (χ2v) is 4.98. The summed E-state index contributed by atoms with van der Waals surface area (Å²) in [5.41, 5.74) is 1.07. The maximum absolute atomic E-state index is 5.92. The van der Waals surface area contributed by atoms with Gasteiger partial charge >= 0.3 is 0 Å². The average Bonchev–Trinajstić information content (AvgIpc) is 3.29. The van der Waals surface area contributed by atoms with E-state index in [9.17, 15) is 0 Å². The van der Waals surface area contributed by atoms with Crippen molar-refractivity contribution in [3.63, 3.8) is 0 Å². The highest BCUT2D eigenvalue weighted by Gasteiger charge is 2.25. The van der Waals surface area contributed by atoms with Gasteiger partial charge in [0.2, 0.25) is 0 Å². The van der Waals surface area contributed by atoms with Crippen LogP contribution in [0.2, 0.25) is 0 Å². The minimum Gasteiger partial charge on any atom is -0.379 e. The van der Waals surface area contributed by atoms with Gasteiger partial charge in [0.05, 0.1) is 32.0 Å². The van der Waals surface area contributed by atoms with Crippen LogP contribution >= 0.6 is 0 Å². The summed E-state index contributed by atoms with van der Waals surface area (Å²) >= 11 is 0. The van der Waals surface area contributed by atoms with Crippen LogP contribution in [0.1, 0.15) is 24.7 Å². The van der Waals surface area contributed by atoms with Crippen molar-refractivity contribution < 1.29 is 18.9 Å². The molecule has 0 amide bonds. The summed E-state index contributed by atoms with van der Waals surface area (Å²) in [6.07, 6.45) is 2.19. The van der Waals surface area contributed by atoms with Crippen LogP contribution < -0.4 is 0 Å². The van der Waals surface area contributed by atoms with Crippen LogP contribution in [0.5, 0.6) is 0 Å². The van der Waals surface area contributed by atoms with E-state index in [2.05, 4.69) is 0 Å². The van der Waals surface area contributed by atoms with Crippen molar-refractivity contribution in [3.8, 4) is 0 Å². The molecule has 0 saturated carbocycles. The zero-order chi connectivity index (χ0) is 12.9. The Morgan fingerprint density at radius 2 is 1.95 bits per heavy atom. The maximum atomic E-state index is 5.92. The third-order valence-corrected chi connectivity index (χ3v) is 3.39. The highest BCUT2D eigenvalue weighted by atomic mass is 16.7. The zero-order valence-corrected chi connectivity index (χ0v) is 11.0. The number of hydrogen-bond donors (Lipinski definition) is 0. The monoisotopic (exact) mass is 264 g/mol. The second-order valence-electron chi connectivity index (χ2n) is 4.98. The van der Waals surface area contributed by atoms with Gasteiger partial charge in [-0.2, -0.15) is 0 Å². The molecular weight excluding hydrogens is 244 g/mol. The molecule has 2 aliphatic rings. The topological polar surface area (TPSA) is 40.2 Å². The summed E-state index contributed by atoms with van der Waals surface area (Å²) in [6, 6.07) is 10.0. The summed E-state index contributed by atoms with van der Waals surface area (Å²) in [5.74, 6) is 0. The molecular formula is C15H20O4. The van der Waals surface area contributed by atoms with Crippen molar-refractivity contribution in [2.45, 2.75) is 31.3 Å². The molecule has 3 rings (SSSR count). The van der Waals surface area contributed by atoms with Gasteiger partial charge in [0.25, 0.3) is 0 Å². The van der Waals surface area contributed by atoms with E-state index in [0.29, 0.717) is 12.7 Å². The fourth-order valence-electron chi connectivity index (χ4n) is 2.16. The molecule has 0 aliphatic carbocycles. The molecule has 2 aliphatic heterocycles. The smallest absolute Gasteiger partial charge is 0.184 e. The molecule has 0 bridgehead atoms. The molecule has 4 heteroatoms. The number of ether oxygens (including phenoxy) is 4. The number of rotatable bonds is 6. The van der Waals surface area contributed by atoms with Crippen molar-refractivity contribution in [3.05, 3.63) is 35.9 Å². The lowest BCUT2D eigenvalue weighted by molar-refractivity contribution is -0.227. The molecule has 0 spiro atoms. The lowest BCUT2D eigenvalue weighted by atomic mass is 10.2. The molecule has 1 aromatic rings. The molecule has 2 saturated heterocycles. The third-order valence-electron chi connectivity index (χ3n) is 3.39. The van der Waals surface area contributed by atoms with Gasteiger partial charge in [0, 0.05) is 12.2 Å². The Labute approximate surface area is 113 Å². The van der Waals surface area contributed by atoms with E-state index in [1.54, 1.807) is 0 Å². The molecule has 4 nitrogen and oxygen atoms in total. The van der Waals surface area contributed by atoms with Gasteiger partial charge in [-0.25, -0.2) is 0 Å². The normalized spacial score (nSPS) is 30.2. The third kappa shape index (κ3) is 4.01. The van der Waals surface area contributed by atoms with Crippen molar-refractivity contribution in [1.82, 2.24) is 0 Å². The Morgan fingerprint density at radius 1 is 1.11 bits per heavy atom. The molecule has 19 heavy (non-hydrogen) atoms. The Morgan fingerprint density at radius 3 is 2.74 bits per heavy atom. The first kappa shape index (κ1) is 13.1.